The number of H-pyrrole nitrogens is 1. The molecule has 0 saturated heterocycles. The summed E-state index contributed by atoms with van der Waals surface area (Å²) < 4.78 is 18.4. The van der Waals surface area contributed by atoms with Gasteiger partial charge >= 0.3 is 12.0 Å². The lowest BCUT2D eigenvalue weighted by molar-refractivity contribution is 0.0600. The van der Waals surface area contributed by atoms with Crippen LogP contribution in [0.1, 0.15) is 33.4 Å². The highest BCUT2D eigenvalue weighted by atomic mass is 35.5. The number of urea groups is 1. The summed E-state index contributed by atoms with van der Waals surface area (Å²) in [6.45, 7) is 0.414. The molecule has 0 fully saturated rings. The molecule has 30 heavy (non-hydrogen) atoms. The number of aromatic nitrogens is 2. The first-order chi connectivity index (χ1) is 14.5. The predicted molar refractivity (Wildman–Crippen MR) is 109 cm³/mol. The SMILES string of the molecule is COC(=O)c1cccc(NC(=O)N2CCc3[nH]cnc3[C@H]2c2ccc(F)c(Cl)c2)c1. The molecule has 0 saturated carbocycles. The van der Waals surface area contributed by atoms with E-state index >= 15 is 0 Å². The molecule has 0 bridgehead atoms. The maximum atomic E-state index is 13.7. The monoisotopic (exact) mass is 428 g/mol. The van der Waals surface area contributed by atoms with Crippen molar-refractivity contribution in [1.29, 1.82) is 0 Å². The lowest BCUT2D eigenvalue weighted by Crippen LogP contribution is -2.43. The van der Waals surface area contributed by atoms with Crippen molar-refractivity contribution in [2.75, 3.05) is 19.0 Å². The van der Waals surface area contributed by atoms with Gasteiger partial charge in [0.1, 0.15) is 11.9 Å². The van der Waals surface area contributed by atoms with Gasteiger partial charge in [0.05, 0.1) is 29.7 Å². The number of nitrogens with zero attached hydrogens (tertiary/aromatic N) is 2. The van der Waals surface area contributed by atoms with Gasteiger partial charge in [-0.15, -0.1) is 0 Å². The number of hydrogen-bond donors (Lipinski definition) is 2. The molecule has 1 aliphatic rings. The number of fused-ring (bicyclic) bond motifs is 1. The van der Waals surface area contributed by atoms with Crippen molar-refractivity contribution in [3.63, 3.8) is 0 Å². The number of anilines is 1. The van der Waals surface area contributed by atoms with Gasteiger partial charge in [-0.1, -0.05) is 23.7 Å². The number of rotatable bonds is 3. The highest BCUT2D eigenvalue weighted by molar-refractivity contribution is 6.30. The number of halogens is 2. The fourth-order valence-corrected chi connectivity index (χ4v) is 3.74. The molecule has 2 N–H and O–H groups in total. The highest BCUT2D eigenvalue weighted by Crippen LogP contribution is 2.35. The Morgan fingerprint density at radius 1 is 1.30 bits per heavy atom. The summed E-state index contributed by atoms with van der Waals surface area (Å²) in [5.74, 6) is -1.03. The Balaban J connectivity index is 1.65. The molecule has 2 aromatic carbocycles. The first-order valence-electron chi connectivity index (χ1n) is 9.21. The number of methoxy groups -OCH3 is 1. The Bertz CT molecular complexity index is 1120. The van der Waals surface area contributed by atoms with E-state index in [1.807, 2.05) is 0 Å². The number of carbonyl (C=O) groups excluding carboxylic acids is 2. The number of carbonyl (C=O) groups is 2. The molecule has 154 valence electrons. The summed E-state index contributed by atoms with van der Waals surface area (Å²) >= 11 is 5.99. The van der Waals surface area contributed by atoms with E-state index in [1.54, 1.807) is 35.5 Å². The number of aromatic amines is 1. The molecule has 1 aliphatic heterocycles. The highest BCUT2D eigenvalue weighted by Gasteiger charge is 2.34. The molecule has 9 heteroatoms. The topological polar surface area (TPSA) is 87.3 Å². The summed E-state index contributed by atoms with van der Waals surface area (Å²) in [4.78, 5) is 34.0. The van der Waals surface area contributed by atoms with Crippen molar-refractivity contribution in [2.24, 2.45) is 0 Å². The summed E-state index contributed by atoms with van der Waals surface area (Å²) in [6, 6.07) is 9.92. The van der Waals surface area contributed by atoms with Crippen LogP contribution in [-0.2, 0) is 11.2 Å². The minimum atomic E-state index is -0.540. The predicted octanol–water partition coefficient (Wildman–Crippen LogP) is 4.17. The second-order valence-corrected chi connectivity index (χ2v) is 7.20. The van der Waals surface area contributed by atoms with Gasteiger partial charge in [-0.3, -0.25) is 0 Å². The van der Waals surface area contributed by atoms with Gasteiger partial charge in [-0.2, -0.15) is 0 Å². The number of imidazole rings is 1. The van der Waals surface area contributed by atoms with Crippen LogP contribution in [0.5, 0.6) is 0 Å². The Morgan fingerprint density at radius 3 is 2.90 bits per heavy atom. The van der Waals surface area contributed by atoms with E-state index in [4.69, 9.17) is 16.3 Å². The molecule has 4 rings (SSSR count). The average molecular weight is 429 g/mol. The molecule has 3 aromatic rings. The third kappa shape index (κ3) is 3.73. The van der Waals surface area contributed by atoms with Crippen molar-refractivity contribution in [2.45, 2.75) is 12.5 Å². The fraction of sp³-hybridized carbons (Fsp3) is 0.190. The van der Waals surface area contributed by atoms with Gasteiger partial charge in [0.25, 0.3) is 0 Å². The third-order valence-corrected chi connectivity index (χ3v) is 5.27. The van der Waals surface area contributed by atoms with E-state index in [0.29, 0.717) is 35.5 Å². The quantitative estimate of drug-likeness (QED) is 0.613. The molecule has 2 amide bonds. The zero-order chi connectivity index (χ0) is 21.3. The summed E-state index contributed by atoms with van der Waals surface area (Å²) in [6.07, 6.45) is 2.17. The molecular formula is C21H18ClFN4O3. The number of benzene rings is 2. The maximum absolute atomic E-state index is 13.7. The van der Waals surface area contributed by atoms with Crippen LogP contribution < -0.4 is 5.32 Å². The lowest BCUT2D eigenvalue weighted by Gasteiger charge is -2.35. The van der Waals surface area contributed by atoms with Crippen LogP contribution in [0.2, 0.25) is 5.02 Å². The van der Waals surface area contributed by atoms with Crippen LogP contribution in [0.15, 0.2) is 48.8 Å². The third-order valence-electron chi connectivity index (χ3n) is 4.98. The van der Waals surface area contributed by atoms with E-state index in [-0.39, 0.29) is 11.1 Å². The zero-order valence-electron chi connectivity index (χ0n) is 16.0. The van der Waals surface area contributed by atoms with E-state index in [0.717, 1.165) is 5.69 Å². The summed E-state index contributed by atoms with van der Waals surface area (Å²) in [5.41, 5.74) is 3.02. The molecule has 1 atom stereocenters. The van der Waals surface area contributed by atoms with E-state index in [9.17, 15) is 14.0 Å². The maximum Gasteiger partial charge on any atom is 0.337 e. The van der Waals surface area contributed by atoms with Crippen molar-refractivity contribution >= 4 is 29.3 Å². The molecule has 0 aliphatic carbocycles. The average Bonchev–Trinajstić information content (AvgIpc) is 3.23. The Hall–Kier alpha value is -3.39. The van der Waals surface area contributed by atoms with Crippen molar-refractivity contribution in [3.05, 3.63) is 82.1 Å². The van der Waals surface area contributed by atoms with E-state index in [2.05, 4.69) is 15.3 Å². The second-order valence-electron chi connectivity index (χ2n) is 6.79. The molecule has 0 radical (unpaired) electrons. The fourth-order valence-electron chi connectivity index (χ4n) is 3.55. The molecule has 0 spiro atoms. The number of esters is 1. The van der Waals surface area contributed by atoms with Gasteiger partial charge in [0, 0.05) is 24.3 Å². The summed E-state index contributed by atoms with van der Waals surface area (Å²) in [5, 5.41) is 2.79. The van der Waals surface area contributed by atoms with Crippen LogP contribution in [0.3, 0.4) is 0 Å². The number of amides is 2. The minimum Gasteiger partial charge on any atom is -0.465 e. The Kier molecular flexibility index (Phi) is 5.41. The van der Waals surface area contributed by atoms with E-state index < -0.39 is 17.8 Å². The lowest BCUT2D eigenvalue weighted by atomic mass is 9.96. The van der Waals surface area contributed by atoms with Crippen LogP contribution in [0, 0.1) is 5.82 Å². The van der Waals surface area contributed by atoms with Gasteiger partial charge in [0.15, 0.2) is 0 Å². The van der Waals surface area contributed by atoms with Crippen LogP contribution >= 0.6 is 11.6 Å². The van der Waals surface area contributed by atoms with Crippen LogP contribution in [-0.4, -0.2) is 40.5 Å². The summed E-state index contributed by atoms with van der Waals surface area (Å²) in [7, 11) is 1.29. The normalized spacial score (nSPS) is 15.4. The first kappa shape index (κ1) is 19.9. The largest absolute Gasteiger partial charge is 0.465 e. The van der Waals surface area contributed by atoms with Gasteiger partial charge in [-0.05, 0) is 35.9 Å². The molecule has 2 heterocycles. The van der Waals surface area contributed by atoms with Gasteiger partial charge in [-0.25, -0.2) is 19.0 Å². The van der Waals surface area contributed by atoms with Gasteiger partial charge < -0.3 is 19.9 Å². The van der Waals surface area contributed by atoms with Crippen LogP contribution in [0.25, 0.3) is 0 Å². The standard InChI is InChI=1S/C21H18ClFN4O3/c1-30-20(28)13-3-2-4-14(9-13)26-21(29)27-8-7-17-18(25-11-24-17)19(27)12-5-6-16(23)15(22)10-12/h2-6,9-11,19H,7-8H2,1H3,(H,24,25)(H,26,29)/t19-/m1/s1. The van der Waals surface area contributed by atoms with Crippen molar-refractivity contribution < 1.29 is 18.7 Å². The minimum absolute atomic E-state index is 0.0266. The number of hydrogen-bond acceptors (Lipinski definition) is 4. The van der Waals surface area contributed by atoms with E-state index in [1.165, 1.54) is 25.3 Å². The second kappa shape index (κ2) is 8.16. The molecule has 1 aromatic heterocycles. The van der Waals surface area contributed by atoms with Crippen molar-refractivity contribution in [1.82, 2.24) is 14.9 Å². The smallest absolute Gasteiger partial charge is 0.337 e. The van der Waals surface area contributed by atoms with Crippen LogP contribution in [0.4, 0.5) is 14.9 Å². The Labute approximate surface area is 176 Å². The molecule has 7 nitrogen and oxygen atoms in total. The number of nitrogens with one attached hydrogen (secondary N) is 2. The Morgan fingerprint density at radius 2 is 2.13 bits per heavy atom. The van der Waals surface area contributed by atoms with Gasteiger partial charge in [0.2, 0.25) is 0 Å². The van der Waals surface area contributed by atoms with Crippen molar-refractivity contribution in [3.8, 4) is 0 Å². The molecular weight excluding hydrogens is 411 g/mol. The number of ether oxygens (including phenoxy) is 1. The molecule has 0 unspecified atom stereocenters. The zero-order valence-corrected chi connectivity index (χ0v) is 16.7. The first-order valence-corrected chi connectivity index (χ1v) is 9.59.